The van der Waals surface area contributed by atoms with E-state index in [4.69, 9.17) is 5.73 Å². The van der Waals surface area contributed by atoms with Crippen molar-refractivity contribution in [2.75, 3.05) is 5.32 Å². The van der Waals surface area contributed by atoms with Crippen molar-refractivity contribution in [3.63, 3.8) is 0 Å². The van der Waals surface area contributed by atoms with Gasteiger partial charge in [-0.05, 0) is 46.1 Å². The van der Waals surface area contributed by atoms with Crippen molar-refractivity contribution in [1.29, 1.82) is 0 Å². The van der Waals surface area contributed by atoms with Gasteiger partial charge in [0.1, 0.15) is 0 Å². The first-order chi connectivity index (χ1) is 9.17. The molecule has 0 saturated heterocycles. The molecule has 0 radical (unpaired) electrons. The second-order valence-corrected chi connectivity index (χ2v) is 6.02. The minimum absolute atomic E-state index is 0.442. The van der Waals surface area contributed by atoms with Crippen LogP contribution in [0, 0.1) is 0 Å². The molecule has 0 fully saturated rings. The smallest absolute Gasteiger partial charge is 0.193 e. The number of aliphatic imine (C=N–C) groups is 1. The van der Waals surface area contributed by atoms with Gasteiger partial charge in [-0.25, -0.2) is 4.99 Å². The monoisotopic (exact) mass is 337 g/mol. The molecule has 1 aromatic carbocycles. The number of guanidine groups is 1. The summed E-state index contributed by atoms with van der Waals surface area (Å²) in [6.45, 7) is 2.73. The normalized spacial score (nSPS) is 11.6. The van der Waals surface area contributed by atoms with Crippen molar-refractivity contribution in [1.82, 2.24) is 0 Å². The molecule has 5 heteroatoms. The van der Waals surface area contributed by atoms with Gasteiger partial charge in [-0.3, -0.25) is 0 Å². The third kappa shape index (κ3) is 4.36. The first-order valence-electron chi connectivity index (χ1n) is 6.06. The Kier molecular flexibility index (Phi) is 4.99. The van der Waals surface area contributed by atoms with Crippen LogP contribution in [0.3, 0.4) is 0 Å². The molecule has 0 aliphatic rings. The van der Waals surface area contributed by atoms with Crippen LogP contribution in [-0.2, 0) is 13.0 Å². The highest BCUT2D eigenvalue weighted by Crippen LogP contribution is 2.20. The van der Waals surface area contributed by atoms with Crippen LogP contribution in [0.1, 0.15) is 17.4 Å². The number of rotatable bonds is 4. The average Bonchev–Trinajstić information content (AvgIpc) is 2.82. The topological polar surface area (TPSA) is 50.4 Å². The fourth-order valence-corrected chi connectivity index (χ4v) is 3.03. The summed E-state index contributed by atoms with van der Waals surface area (Å²) in [5, 5.41) is 5.16. The maximum atomic E-state index is 5.88. The molecule has 2 rings (SSSR count). The molecule has 0 bridgehead atoms. The number of hydrogen-bond donors (Lipinski definition) is 2. The molecule has 0 aliphatic heterocycles. The predicted octanol–water partition coefficient (Wildman–Crippen LogP) is 4.00. The number of nitrogens with zero attached hydrogens (tertiary/aromatic N) is 1. The van der Waals surface area contributed by atoms with Gasteiger partial charge in [0.15, 0.2) is 5.96 Å². The minimum Gasteiger partial charge on any atom is -0.370 e. The van der Waals surface area contributed by atoms with Crippen molar-refractivity contribution >= 4 is 38.9 Å². The van der Waals surface area contributed by atoms with Crippen molar-refractivity contribution in [2.45, 2.75) is 19.9 Å². The van der Waals surface area contributed by atoms with Gasteiger partial charge in [0.2, 0.25) is 0 Å². The van der Waals surface area contributed by atoms with E-state index in [9.17, 15) is 0 Å². The van der Waals surface area contributed by atoms with E-state index in [1.807, 2.05) is 17.5 Å². The number of thiophene rings is 1. The second-order valence-electron chi connectivity index (χ2n) is 4.11. The zero-order chi connectivity index (χ0) is 13.7. The molecule has 19 heavy (non-hydrogen) atoms. The van der Waals surface area contributed by atoms with Gasteiger partial charge >= 0.3 is 0 Å². The molecule has 2 aromatic rings. The number of hydrogen-bond acceptors (Lipinski definition) is 2. The van der Waals surface area contributed by atoms with Gasteiger partial charge in [-0.2, -0.15) is 0 Å². The Morgan fingerprint density at radius 3 is 2.95 bits per heavy atom. The van der Waals surface area contributed by atoms with Crippen molar-refractivity contribution in [3.8, 4) is 0 Å². The summed E-state index contributed by atoms with van der Waals surface area (Å²) in [6.07, 6.45) is 1.01. The summed E-state index contributed by atoms with van der Waals surface area (Å²) in [7, 11) is 0. The van der Waals surface area contributed by atoms with Gasteiger partial charge < -0.3 is 11.1 Å². The van der Waals surface area contributed by atoms with Crippen LogP contribution in [0.4, 0.5) is 5.69 Å². The highest BCUT2D eigenvalue weighted by Gasteiger charge is 1.99. The van der Waals surface area contributed by atoms with Gasteiger partial charge in [0, 0.05) is 20.4 Å². The number of nitrogens with two attached hydrogens (primary N) is 1. The molecular weight excluding hydrogens is 322 g/mol. The molecule has 0 atom stereocenters. The molecule has 0 amide bonds. The molecule has 3 nitrogen and oxygen atoms in total. The van der Waals surface area contributed by atoms with Crippen LogP contribution in [0.15, 0.2) is 45.2 Å². The Bertz CT molecular complexity index is 578. The third-order valence-corrected chi connectivity index (χ3v) is 4.32. The van der Waals surface area contributed by atoms with Crippen LogP contribution in [0.2, 0.25) is 0 Å². The Balaban J connectivity index is 1.97. The first-order valence-corrected chi connectivity index (χ1v) is 7.73. The van der Waals surface area contributed by atoms with Crippen LogP contribution in [0.25, 0.3) is 0 Å². The average molecular weight is 338 g/mol. The highest BCUT2D eigenvalue weighted by atomic mass is 79.9. The molecule has 3 N–H and O–H groups in total. The zero-order valence-electron chi connectivity index (χ0n) is 10.7. The van der Waals surface area contributed by atoms with Crippen LogP contribution >= 0.6 is 27.3 Å². The van der Waals surface area contributed by atoms with E-state index >= 15 is 0 Å². The standard InChI is InChI=1S/C14H16BrN3S/c1-2-10-4-3-5-12(6-10)18-14(16)17-8-13-7-11(15)9-19-13/h3-7,9H,2,8H2,1H3,(H3,16,17,18). The number of halogens is 1. The summed E-state index contributed by atoms with van der Waals surface area (Å²) < 4.78 is 1.09. The lowest BCUT2D eigenvalue weighted by Crippen LogP contribution is -2.22. The molecule has 0 unspecified atom stereocenters. The zero-order valence-corrected chi connectivity index (χ0v) is 13.1. The molecule has 1 heterocycles. The highest BCUT2D eigenvalue weighted by molar-refractivity contribution is 9.10. The SMILES string of the molecule is CCc1cccc(NC(N)=NCc2cc(Br)cs2)c1. The van der Waals surface area contributed by atoms with Crippen LogP contribution in [0.5, 0.6) is 0 Å². The van der Waals surface area contributed by atoms with E-state index in [2.05, 4.69) is 51.4 Å². The summed E-state index contributed by atoms with van der Waals surface area (Å²) in [6, 6.07) is 10.2. The third-order valence-electron chi connectivity index (χ3n) is 2.63. The summed E-state index contributed by atoms with van der Waals surface area (Å²) in [5.74, 6) is 0.442. The van der Waals surface area contributed by atoms with E-state index in [1.54, 1.807) is 11.3 Å². The molecular formula is C14H16BrN3S. The number of nitrogens with one attached hydrogen (secondary N) is 1. The molecule has 0 spiro atoms. The lowest BCUT2D eigenvalue weighted by atomic mass is 10.1. The van der Waals surface area contributed by atoms with Gasteiger partial charge in [0.25, 0.3) is 0 Å². The van der Waals surface area contributed by atoms with E-state index < -0.39 is 0 Å². The number of aryl methyl sites for hydroxylation is 1. The first kappa shape index (κ1) is 14.1. The van der Waals surface area contributed by atoms with E-state index in [1.165, 1.54) is 10.4 Å². The predicted molar refractivity (Wildman–Crippen MR) is 86.8 cm³/mol. The quantitative estimate of drug-likeness (QED) is 0.654. The fraction of sp³-hybridized carbons (Fsp3) is 0.214. The molecule has 0 saturated carbocycles. The van der Waals surface area contributed by atoms with Gasteiger partial charge in [0.05, 0.1) is 6.54 Å². The van der Waals surface area contributed by atoms with Crippen molar-refractivity contribution in [2.24, 2.45) is 10.7 Å². The largest absolute Gasteiger partial charge is 0.370 e. The van der Waals surface area contributed by atoms with Gasteiger partial charge in [-0.1, -0.05) is 19.1 Å². The van der Waals surface area contributed by atoms with E-state index in [0.717, 1.165) is 16.6 Å². The number of anilines is 1. The second kappa shape index (κ2) is 6.73. The lowest BCUT2D eigenvalue weighted by Gasteiger charge is -2.06. The summed E-state index contributed by atoms with van der Waals surface area (Å²) in [5.41, 5.74) is 8.14. The van der Waals surface area contributed by atoms with Crippen molar-refractivity contribution < 1.29 is 0 Å². The van der Waals surface area contributed by atoms with Crippen LogP contribution in [-0.4, -0.2) is 5.96 Å². The number of benzene rings is 1. The molecule has 1 aromatic heterocycles. The van der Waals surface area contributed by atoms with E-state index in [-0.39, 0.29) is 0 Å². The van der Waals surface area contributed by atoms with Gasteiger partial charge in [-0.15, -0.1) is 11.3 Å². The van der Waals surface area contributed by atoms with Crippen molar-refractivity contribution in [3.05, 3.63) is 50.6 Å². The Morgan fingerprint density at radius 1 is 1.42 bits per heavy atom. The Morgan fingerprint density at radius 2 is 2.26 bits per heavy atom. The summed E-state index contributed by atoms with van der Waals surface area (Å²) in [4.78, 5) is 5.51. The molecule has 100 valence electrons. The lowest BCUT2D eigenvalue weighted by molar-refractivity contribution is 1.09. The maximum absolute atomic E-state index is 5.88. The Labute approximate surface area is 125 Å². The maximum Gasteiger partial charge on any atom is 0.193 e. The van der Waals surface area contributed by atoms with E-state index in [0.29, 0.717) is 12.5 Å². The molecule has 0 aliphatic carbocycles. The Hall–Kier alpha value is -1.33. The fourth-order valence-electron chi connectivity index (χ4n) is 1.66. The minimum atomic E-state index is 0.442. The van der Waals surface area contributed by atoms with Crippen LogP contribution < -0.4 is 11.1 Å². The summed E-state index contributed by atoms with van der Waals surface area (Å²) >= 11 is 5.09.